The number of thioether (sulfide) groups is 1. The van der Waals surface area contributed by atoms with Crippen LogP contribution in [0.4, 0.5) is 11.4 Å². The van der Waals surface area contributed by atoms with Crippen molar-refractivity contribution in [2.24, 2.45) is 5.92 Å². The van der Waals surface area contributed by atoms with E-state index in [1.165, 1.54) is 22.7 Å². The summed E-state index contributed by atoms with van der Waals surface area (Å²) in [6.45, 7) is 1.81. The van der Waals surface area contributed by atoms with E-state index in [1.54, 1.807) is 54.6 Å². The molecule has 0 radical (unpaired) electrons. The predicted molar refractivity (Wildman–Crippen MR) is 167 cm³/mol. The van der Waals surface area contributed by atoms with E-state index in [4.69, 9.17) is 32.7 Å². The number of carbonyl (C=O) groups excluding carboxylic acids is 3. The molecule has 1 aromatic heterocycles. The van der Waals surface area contributed by atoms with Crippen molar-refractivity contribution >= 4 is 75.4 Å². The van der Waals surface area contributed by atoms with Gasteiger partial charge in [0.2, 0.25) is 11.8 Å². The summed E-state index contributed by atoms with van der Waals surface area (Å²) in [6, 6.07) is 18.7. The first-order valence-electron chi connectivity index (χ1n) is 13.2. The van der Waals surface area contributed by atoms with E-state index >= 15 is 0 Å². The number of hydrogen-bond acceptors (Lipinski definition) is 8. The van der Waals surface area contributed by atoms with Crippen LogP contribution in [0.25, 0.3) is 0 Å². The zero-order valence-corrected chi connectivity index (χ0v) is 25.6. The summed E-state index contributed by atoms with van der Waals surface area (Å²) >= 11 is 14.2. The first-order chi connectivity index (χ1) is 20.7. The molecule has 0 saturated carbocycles. The fraction of sp³-hybridized carbons (Fsp3) is 0.200. The molecule has 2 aliphatic rings. The zero-order chi connectivity index (χ0) is 30.2. The van der Waals surface area contributed by atoms with Gasteiger partial charge >= 0.3 is 4.87 Å². The van der Waals surface area contributed by atoms with E-state index < -0.39 is 23.0 Å². The van der Waals surface area contributed by atoms with Crippen LogP contribution in [0.1, 0.15) is 23.3 Å². The normalized spacial score (nSPS) is 19.1. The second kappa shape index (κ2) is 12.1. The Balaban J connectivity index is 1.30. The molecule has 0 bridgehead atoms. The smallest absolute Gasteiger partial charge is 0.305 e. The van der Waals surface area contributed by atoms with Crippen LogP contribution < -0.4 is 24.6 Å². The summed E-state index contributed by atoms with van der Waals surface area (Å²) in [4.78, 5) is 57.0. The molecule has 6 rings (SSSR count). The lowest BCUT2D eigenvalue weighted by Gasteiger charge is -2.30. The topological polar surface area (TPSA) is 118 Å². The molecule has 4 aromatic rings. The van der Waals surface area contributed by atoms with Gasteiger partial charge in [-0.3, -0.25) is 19.2 Å². The minimum absolute atomic E-state index is 0.264. The number of thiazole rings is 1. The molecule has 1 fully saturated rings. The number of anilines is 2. The number of H-pyrrole nitrogens is 1. The monoisotopic (exact) mass is 655 g/mol. The molecular formula is C30H23Cl2N3O6S2. The number of aromatic amines is 1. The number of rotatable bonds is 8. The highest BCUT2D eigenvalue weighted by atomic mass is 35.5. The van der Waals surface area contributed by atoms with Gasteiger partial charge in [0.15, 0.2) is 18.1 Å². The molecule has 2 N–H and O–H groups in total. The summed E-state index contributed by atoms with van der Waals surface area (Å²) in [6.07, 6.45) is 0. The summed E-state index contributed by atoms with van der Waals surface area (Å²) in [5, 5.41) is 3.25. The lowest BCUT2D eigenvalue weighted by molar-refractivity contribution is -0.122. The van der Waals surface area contributed by atoms with Crippen LogP contribution in [0.3, 0.4) is 0 Å². The quantitative estimate of drug-likeness (QED) is 0.225. The minimum Gasteiger partial charge on any atom is -0.490 e. The van der Waals surface area contributed by atoms with Crippen LogP contribution in [0, 0.1) is 5.92 Å². The molecule has 2 aliphatic heterocycles. The summed E-state index contributed by atoms with van der Waals surface area (Å²) < 4.78 is 11.7. The summed E-state index contributed by atoms with van der Waals surface area (Å²) in [7, 11) is 0. The Bertz CT molecular complexity index is 1790. The number of hydrogen-bond donors (Lipinski definition) is 2. The molecule has 9 nitrogen and oxygen atoms in total. The molecule has 2 unspecified atom stereocenters. The van der Waals surface area contributed by atoms with Crippen molar-refractivity contribution in [3.63, 3.8) is 0 Å². The summed E-state index contributed by atoms with van der Waals surface area (Å²) in [5.41, 5.74) is 1.65. The van der Waals surface area contributed by atoms with Crippen molar-refractivity contribution in [2.45, 2.75) is 23.1 Å². The SMILES string of the molecule is CCOc1cc([C@H]2c3sc(=O)[nH]c3SC3C(=O)N(c4ccccc4)C(=O)C32)ccc1OCC(=O)Nc1ccc(Cl)c(Cl)c1. The minimum atomic E-state index is -0.741. The molecule has 3 heterocycles. The Hall–Kier alpha value is -3.77. The van der Waals surface area contributed by atoms with Crippen LogP contribution in [-0.2, 0) is 14.4 Å². The fourth-order valence-corrected chi connectivity index (χ4v) is 8.04. The predicted octanol–water partition coefficient (Wildman–Crippen LogP) is 5.96. The number of nitrogens with one attached hydrogen (secondary N) is 2. The Kier molecular flexibility index (Phi) is 8.23. The van der Waals surface area contributed by atoms with Crippen molar-refractivity contribution in [1.82, 2.24) is 4.98 Å². The van der Waals surface area contributed by atoms with Crippen LogP contribution >= 0.6 is 46.3 Å². The largest absolute Gasteiger partial charge is 0.490 e. The van der Waals surface area contributed by atoms with Crippen LogP contribution in [0.2, 0.25) is 10.0 Å². The van der Waals surface area contributed by atoms with Gasteiger partial charge in [-0.2, -0.15) is 0 Å². The fourth-order valence-electron chi connectivity index (χ4n) is 5.23. The average Bonchev–Trinajstić information content (AvgIpc) is 3.48. The van der Waals surface area contributed by atoms with Crippen molar-refractivity contribution in [3.8, 4) is 11.5 Å². The lowest BCUT2D eigenvalue weighted by Crippen LogP contribution is -2.32. The third-order valence-electron chi connectivity index (χ3n) is 7.03. The molecule has 3 amide bonds. The first kappa shape index (κ1) is 29.3. The first-order valence-corrected chi connectivity index (χ1v) is 15.7. The second-order valence-corrected chi connectivity index (χ2v) is 12.7. The number of nitrogens with zero attached hydrogens (tertiary/aromatic N) is 1. The van der Waals surface area contributed by atoms with E-state index in [9.17, 15) is 19.2 Å². The van der Waals surface area contributed by atoms with Crippen LogP contribution in [0.5, 0.6) is 11.5 Å². The van der Waals surface area contributed by atoms with Gasteiger partial charge in [0.05, 0.1) is 33.3 Å². The Labute approximate surface area is 264 Å². The molecule has 3 atom stereocenters. The van der Waals surface area contributed by atoms with Gasteiger partial charge in [-0.05, 0) is 55.0 Å². The summed E-state index contributed by atoms with van der Waals surface area (Å²) in [5.74, 6) is -1.72. The number of imide groups is 1. The number of aromatic nitrogens is 1. The maximum atomic E-state index is 13.9. The van der Waals surface area contributed by atoms with E-state index in [1.807, 2.05) is 13.0 Å². The van der Waals surface area contributed by atoms with Crippen molar-refractivity contribution in [3.05, 3.63) is 96.9 Å². The van der Waals surface area contributed by atoms with Gasteiger partial charge in [-0.25, -0.2) is 4.90 Å². The Morgan fingerprint density at radius 3 is 2.49 bits per heavy atom. The highest BCUT2D eigenvalue weighted by Crippen LogP contribution is 2.53. The maximum Gasteiger partial charge on any atom is 0.305 e. The second-order valence-electron chi connectivity index (χ2n) is 9.70. The van der Waals surface area contributed by atoms with Gasteiger partial charge in [-0.1, -0.05) is 70.6 Å². The van der Waals surface area contributed by atoms with Crippen LogP contribution in [-0.4, -0.2) is 41.2 Å². The van der Waals surface area contributed by atoms with Gasteiger partial charge in [0.1, 0.15) is 5.25 Å². The number of fused-ring (bicyclic) bond motifs is 2. The standard InChI is InChI=1S/C30H23Cl2N3O6S2/c1-2-40-21-12-15(8-11-20(21)41-14-22(36)33-16-9-10-18(31)19(32)13-16)23-24-26(42-27-25(23)43-30(39)34-27)29(38)35(28(24)37)17-6-4-3-5-7-17/h3-13,23-24,26H,2,14H2,1H3,(H,33,36)(H,34,39)/t23-,24?,26?/m1/s1. The Morgan fingerprint density at radius 1 is 0.953 bits per heavy atom. The average molecular weight is 657 g/mol. The van der Waals surface area contributed by atoms with Gasteiger partial charge in [-0.15, -0.1) is 0 Å². The molecular weight excluding hydrogens is 633 g/mol. The molecule has 13 heteroatoms. The number of para-hydroxylation sites is 1. The number of ether oxygens (including phenoxy) is 2. The van der Waals surface area contributed by atoms with E-state index in [0.29, 0.717) is 55.0 Å². The number of carbonyl (C=O) groups is 3. The maximum absolute atomic E-state index is 13.9. The van der Waals surface area contributed by atoms with Gasteiger partial charge in [0, 0.05) is 16.5 Å². The lowest BCUT2D eigenvalue weighted by atomic mass is 9.83. The van der Waals surface area contributed by atoms with Crippen molar-refractivity contribution < 1.29 is 23.9 Å². The molecule has 0 aliphatic carbocycles. The Morgan fingerprint density at radius 2 is 1.74 bits per heavy atom. The third-order valence-corrected chi connectivity index (χ3v) is 10.2. The molecule has 220 valence electrons. The van der Waals surface area contributed by atoms with E-state index in [2.05, 4.69) is 10.3 Å². The van der Waals surface area contributed by atoms with Crippen LogP contribution in [0.15, 0.2) is 76.6 Å². The van der Waals surface area contributed by atoms with E-state index in [0.717, 1.165) is 11.3 Å². The van der Waals surface area contributed by atoms with E-state index in [-0.39, 0.29) is 23.3 Å². The van der Waals surface area contributed by atoms with Gasteiger partial charge < -0.3 is 19.8 Å². The number of benzene rings is 3. The zero-order valence-electron chi connectivity index (χ0n) is 22.5. The van der Waals surface area contributed by atoms with Crippen molar-refractivity contribution in [1.29, 1.82) is 0 Å². The molecule has 0 spiro atoms. The molecule has 1 saturated heterocycles. The number of halogens is 2. The molecule has 3 aromatic carbocycles. The third kappa shape index (κ3) is 5.65. The molecule has 43 heavy (non-hydrogen) atoms. The highest BCUT2D eigenvalue weighted by molar-refractivity contribution is 8.00. The van der Waals surface area contributed by atoms with Gasteiger partial charge in [0.25, 0.3) is 5.91 Å². The number of amides is 3. The van der Waals surface area contributed by atoms with Crippen molar-refractivity contribution in [2.75, 3.05) is 23.4 Å². The highest BCUT2D eigenvalue weighted by Gasteiger charge is 2.56.